The van der Waals surface area contributed by atoms with Gasteiger partial charge in [0.2, 0.25) is 17.7 Å². The second-order valence-corrected chi connectivity index (χ2v) is 7.49. The highest BCUT2D eigenvalue weighted by Crippen LogP contribution is 2.20. The maximum Gasteiger partial charge on any atom is 0.328 e. The van der Waals surface area contributed by atoms with Crippen LogP contribution in [0.25, 0.3) is 0 Å². The van der Waals surface area contributed by atoms with E-state index < -0.39 is 66.9 Å². The average Bonchev–Trinajstić information content (AvgIpc) is 3.22. The third-order valence-corrected chi connectivity index (χ3v) is 4.93. The fourth-order valence-electron chi connectivity index (χ4n) is 3.28. The summed E-state index contributed by atoms with van der Waals surface area (Å²) in [5.74, 6) is -5.11. The van der Waals surface area contributed by atoms with Gasteiger partial charge in [0.05, 0.1) is 19.1 Å². The molecule has 1 heterocycles. The molecular weight excluding hydrogens is 442 g/mol. The Morgan fingerprint density at radius 3 is 2.30 bits per heavy atom. The van der Waals surface area contributed by atoms with Crippen molar-refractivity contribution in [2.75, 3.05) is 19.7 Å². The van der Waals surface area contributed by atoms with Gasteiger partial charge in [0, 0.05) is 13.1 Å². The van der Waals surface area contributed by atoms with Crippen molar-refractivity contribution in [3.8, 4) is 0 Å². The number of aliphatic hydroxyl groups is 1. The van der Waals surface area contributed by atoms with E-state index in [4.69, 9.17) is 32.5 Å². The van der Waals surface area contributed by atoms with Crippen LogP contribution >= 0.6 is 0 Å². The number of nitrogens with zero attached hydrogens (tertiary/aromatic N) is 2. The molecule has 1 rings (SSSR count). The van der Waals surface area contributed by atoms with Gasteiger partial charge >= 0.3 is 11.9 Å². The highest BCUT2D eigenvalue weighted by Gasteiger charge is 2.39. The Hall–Kier alpha value is -3.46. The van der Waals surface area contributed by atoms with Gasteiger partial charge in [-0.05, 0) is 25.7 Å². The zero-order chi connectivity index (χ0) is 25.1. The summed E-state index contributed by atoms with van der Waals surface area (Å²) in [4.78, 5) is 64.9. The number of aliphatic hydroxyl groups excluding tert-OH is 1. The summed E-state index contributed by atoms with van der Waals surface area (Å²) in [5, 5.41) is 31.6. The number of hydrogen-bond donors (Lipinski definition) is 8. The number of carbonyl (C=O) groups is 5. The maximum absolute atomic E-state index is 13.2. The van der Waals surface area contributed by atoms with E-state index >= 15 is 0 Å². The largest absolute Gasteiger partial charge is 0.481 e. The lowest BCUT2D eigenvalue weighted by atomic mass is 10.1. The van der Waals surface area contributed by atoms with Crippen molar-refractivity contribution >= 4 is 35.6 Å². The summed E-state index contributed by atoms with van der Waals surface area (Å²) in [6, 6.07) is -5.07. The van der Waals surface area contributed by atoms with Gasteiger partial charge < -0.3 is 48.1 Å². The molecule has 1 aliphatic heterocycles. The molecule has 11 N–H and O–H groups in total. The predicted molar refractivity (Wildman–Crippen MR) is 113 cm³/mol. The quantitative estimate of drug-likeness (QED) is 0.0723. The second kappa shape index (κ2) is 13.2. The molecule has 1 saturated heterocycles. The molecule has 0 aromatic heterocycles. The van der Waals surface area contributed by atoms with Crippen LogP contribution in [-0.4, -0.2) is 99.7 Å². The van der Waals surface area contributed by atoms with Crippen molar-refractivity contribution in [3.05, 3.63) is 0 Å². The molecule has 4 unspecified atom stereocenters. The van der Waals surface area contributed by atoms with Crippen LogP contribution < -0.4 is 27.8 Å². The number of guanidine groups is 1. The van der Waals surface area contributed by atoms with Crippen LogP contribution in [0.4, 0.5) is 0 Å². The van der Waals surface area contributed by atoms with Gasteiger partial charge in [-0.2, -0.15) is 0 Å². The van der Waals surface area contributed by atoms with E-state index in [1.807, 2.05) is 0 Å². The van der Waals surface area contributed by atoms with Crippen LogP contribution in [-0.2, 0) is 24.0 Å². The second-order valence-electron chi connectivity index (χ2n) is 7.49. The zero-order valence-corrected chi connectivity index (χ0v) is 18.0. The van der Waals surface area contributed by atoms with Gasteiger partial charge in [0.15, 0.2) is 5.96 Å². The van der Waals surface area contributed by atoms with Crippen molar-refractivity contribution in [1.29, 1.82) is 0 Å². The first-order valence-electron chi connectivity index (χ1n) is 10.3. The lowest BCUT2D eigenvalue weighted by molar-refractivity contribution is -0.145. The van der Waals surface area contributed by atoms with E-state index in [0.29, 0.717) is 6.42 Å². The molecule has 0 aromatic rings. The van der Waals surface area contributed by atoms with Crippen LogP contribution in [0.2, 0.25) is 0 Å². The van der Waals surface area contributed by atoms with Gasteiger partial charge in [0.1, 0.15) is 18.1 Å². The number of rotatable bonds is 13. The number of aliphatic carboxylic acids is 2. The van der Waals surface area contributed by atoms with E-state index in [1.54, 1.807) is 0 Å². The van der Waals surface area contributed by atoms with Crippen molar-refractivity contribution in [1.82, 2.24) is 15.5 Å². The molecule has 0 saturated carbocycles. The first kappa shape index (κ1) is 27.6. The van der Waals surface area contributed by atoms with Crippen molar-refractivity contribution in [2.45, 2.75) is 56.3 Å². The number of carboxylic acid groups (broad SMARTS) is 2. The van der Waals surface area contributed by atoms with Crippen LogP contribution in [0, 0.1) is 0 Å². The number of likely N-dealkylation sites (tertiary alicyclic amines) is 1. The molecule has 4 atom stereocenters. The molecule has 0 aromatic carbocycles. The minimum atomic E-state index is -1.53. The Bertz CT molecular complexity index is 771. The van der Waals surface area contributed by atoms with Gasteiger partial charge in [-0.15, -0.1) is 0 Å². The Labute approximate surface area is 189 Å². The smallest absolute Gasteiger partial charge is 0.328 e. The monoisotopic (exact) mass is 473 g/mol. The third-order valence-electron chi connectivity index (χ3n) is 4.93. The van der Waals surface area contributed by atoms with Crippen molar-refractivity contribution in [3.63, 3.8) is 0 Å². The fourth-order valence-corrected chi connectivity index (χ4v) is 3.28. The molecule has 1 fully saturated rings. The van der Waals surface area contributed by atoms with Crippen molar-refractivity contribution in [2.24, 2.45) is 22.2 Å². The van der Waals surface area contributed by atoms with Crippen LogP contribution in [0.1, 0.15) is 32.1 Å². The SMILES string of the molecule is NC(N)=NCCCC(NC(=O)C(N)CC(=O)O)C(=O)N1CCCC1C(=O)NC(CO)C(=O)O. The van der Waals surface area contributed by atoms with E-state index in [9.17, 15) is 24.0 Å². The Kier molecular flexibility index (Phi) is 11.0. The molecular formula is C18H31N7O8. The number of hydrogen-bond acceptors (Lipinski definition) is 8. The van der Waals surface area contributed by atoms with Gasteiger partial charge in [-0.25, -0.2) is 4.79 Å². The number of nitrogens with one attached hydrogen (secondary N) is 2. The first-order valence-corrected chi connectivity index (χ1v) is 10.3. The molecule has 0 radical (unpaired) electrons. The van der Waals surface area contributed by atoms with Gasteiger partial charge in [-0.3, -0.25) is 24.2 Å². The van der Waals surface area contributed by atoms with E-state index in [-0.39, 0.29) is 38.3 Å². The Morgan fingerprint density at radius 2 is 1.76 bits per heavy atom. The van der Waals surface area contributed by atoms with E-state index in [2.05, 4.69) is 15.6 Å². The molecule has 1 aliphatic rings. The van der Waals surface area contributed by atoms with Crippen LogP contribution in [0.3, 0.4) is 0 Å². The molecule has 186 valence electrons. The number of aliphatic imine (C=N–C) groups is 1. The Morgan fingerprint density at radius 1 is 1.09 bits per heavy atom. The summed E-state index contributed by atoms with van der Waals surface area (Å²) in [6.45, 7) is -0.494. The molecule has 33 heavy (non-hydrogen) atoms. The average molecular weight is 473 g/mol. The summed E-state index contributed by atoms with van der Waals surface area (Å²) in [6.07, 6.45) is 0.406. The van der Waals surface area contributed by atoms with Crippen molar-refractivity contribution < 1.29 is 39.3 Å². The van der Waals surface area contributed by atoms with Gasteiger partial charge in [0.25, 0.3) is 0 Å². The van der Waals surface area contributed by atoms with Crippen LogP contribution in [0.5, 0.6) is 0 Å². The lowest BCUT2D eigenvalue weighted by Gasteiger charge is -2.29. The first-order chi connectivity index (χ1) is 15.5. The third kappa shape index (κ3) is 8.89. The minimum Gasteiger partial charge on any atom is -0.481 e. The number of nitrogens with two attached hydrogens (primary N) is 3. The highest BCUT2D eigenvalue weighted by molar-refractivity contribution is 5.95. The predicted octanol–water partition coefficient (Wildman–Crippen LogP) is -4.12. The molecule has 0 spiro atoms. The summed E-state index contributed by atoms with van der Waals surface area (Å²) >= 11 is 0. The standard InChI is InChI=1S/C18H31N7O8/c19-9(7-13(27)28)14(29)23-10(3-1-5-22-18(20)21)16(31)25-6-2-4-12(25)15(30)24-11(8-26)17(32)33/h9-12,26H,1-8,19H2,(H,23,29)(H,24,30)(H,27,28)(H,32,33)(H4,20,21,22). The van der Waals surface area contributed by atoms with E-state index in [1.165, 1.54) is 4.90 Å². The summed E-state index contributed by atoms with van der Waals surface area (Å²) in [7, 11) is 0. The molecule has 15 nitrogen and oxygen atoms in total. The Balaban J connectivity index is 2.97. The minimum absolute atomic E-state index is 0.0698. The highest BCUT2D eigenvalue weighted by atomic mass is 16.4. The zero-order valence-electron chi connectivity index (χ0n) is 18.0. The van der Waals surface area contributed by atoms with Crippen LogP contribution in [0.15, 0.2) is 4.99 Å². The number of amides is 3. The molecule has 0 aliphatic carbocycles. The topological polar surface area (TPSA) is 264 Å². The summed E-state index contributed by atoms with van der Waals surface area (Å²) < 4.78 is 0. The molecule has 3 amide bonds. The lowest BCUT2D eigenvalue weighted by Crippen LogP contribution is -2.57. The fraction of sp³-hybridized carbons (Fsp3) is 0.667. The van der Waals surface area contributed by atoms with Gasteiger partial charge in [-0.1, -0.05) is 0 Å². The van der Waals surface area contributed by atoms with E-state index in [0.717, 1.165) is 0 Å². The summed E-state index contributed by atoms with van der Waals surface area (Å²) in [5.41, 5.74) is 16.1. The molecule has 15 heteroatoms. The number of carboxylic acids is 2. The normalized spacial score (nSPS) is 18.0. The maximum atomic E-state index is 13.2. The molecule has 0 bridgehead atoms. The number of carbonyl (C=O) groups excluding carboxylic acids is 3.